The highest BCUT2D eigenvalue weighted by molar-refractivity contribution is 9.10. The summed E-state index contributed by atoms with van der Waals surface area (Å²) in [4.78, 5) is 0.518. The van der Waals surface area contributed by atoms with Gasteiger partial charge in [0.15, 0.2) is 0 Å². The molecule has 2 atom stereocenters. The van der Waals surface area contributed by atoms with Crippen molar-refractivity contribution in [3.05, 3.63) is 34.3 Å². The lowest BCUT2D eigenvalue weighted by molar-refractivity contribution is 0.0291. The smallest absolute Gasteiger partial charge is 0.0721 e. The highest BCUT2D eigenvalue weighted by Gasteiger charge is 2.20. The molecule has 0 aromatic heterocycles. The van der Waals surface area contributed by atoms with Crippen molar-refractivity contribution in [1.29, 1.82) is 0 Å². The second kappa shape index (κ2) is 7.66. The van der Waals surface area contributed by atoms with Gasteiger partial charge in [-0.1, -0.05) is 69.7 Å². The molecule has 1 aliphatic rings. The van der Waals surface area contributed by atoms with E-state index in [2.05, 4.69) is 50.1 Å². The fourth-order valence-corrected chi connectivity index (χ4v) is 3.61. The molecule has 100 valence electrons. The Morgan fingerprint density at radius 2 is 1.89 bits per heavy atom. The molecule has 1 aromatic carbocycles. The molecular weight excluding hydrogens is 356 g/mol. The summed E-state index contributed by atoms with van der Waals surface area (Å²) >= 11 is 7.29. The Labute approximate surface area is 127 Å². The van der Waals surface area contributed by atoms with Gasteiger partial charge in [0.05, 0.1) is 12.7 Å². The van der Waals surface area contributed by atoms with Crippen LogP contribution < -0.4 is 0 Å². The Balaban J connectivity index is 1.87. The van der Waals surface area contributed by atoms with Crippen molar-refractivity contribution >= 4 is 31.9 Å². The van der Waals surface area contributed by atoms with Gasteiger partial charge in [-0.25, -0.2) is 0 Å². The second-order valence-electron chi connectivity index (χ2n) is 4.99. The summed E-state index contributed by atoms with van der Waals surface area (Å²) in [6.07, 6.45) is 8.14. The van der Waals surface area contributed by atoms with E-state index in [1.165, 1.54) is 44.1 Å². The summed E-state index contributed by atoms with van der Waals surface area (Å²) in [5, 5.41) is 0. The van der Waals surface area contributed by atoms with Gasteiger partial charge in [0.2, 0.25) is 0 Å². The van der Waals surface area contributed by atoms with Crippen LogP contribution in [0.25, 0.3) is 0 Å². The Morgan fingerprint density at radius 3 is 2.67 bits per heavy atom. The molecule has 0 bridgehead atoms. The lowest BCUT2D eigenvalue weighted by Gasteiger charge is -2.25. The van der Waals surface area contributed by atoms with E-state index < -0.39 is 0 Å². The molecule has 0 radical (unpaired) electrons. The average molecular weight is 376 g/mol. The number of benzene rings is 1. The van der Waals surface area contributed by atoms with Gasteiger partial charge in [-0.3, -0.25) is 0 Å². The van der Waals surface area contributed by atoms with Gasteiger partial charge < -0.3 is 4.74 Å². The molecule has 1 aliphatic carbocycles. The van der Waals surface area contributed by atoms with Crippen molar-refractivity contribution < 1.29 is 4.74 Å². The molecule has 0 saturated heterocycles. The van der Waals surface area contributed by atoms with Crippen LogP contribution in [0.2, 0.25) is 0 Å². The van der Waals surface area contributed by atoms with Crippen molar-refractivity contribution in [3.63, 3.8) is 0 Å². The summed E-state index contributed by atoms with van der Waals surface area (Å²) < 4.78 is 7.23. The summed E-state index contributed by atoms with van der Waals surface area (Å²) in [5.41, 5.74) is 1.24. The minimum absolute atomic E-state index is 0.365. The molecule has 1 nitrogen and oxygen atoms in total. The van der Waals surface area contributed by atoms with Crippen LogP contribution in [0.1, 0.15) is 44.1 Å². The molecule has 2 rings (SSSR count). The SMILES string of the molecule is Brc1cccc(COC2CCCCCCC2Br)c1. The van der Waals surface area contributed by atoms with E-state index >= 15 is 0 Å². The number of alkyl halides is 1. The first-order valence-corrected chi connectivity index (χ1v) is 8.47. The quantitative estimate of drug-likeness (QED) is 0.638. The lowest BCUT2D eigenvalue weighted by atomic mass is 9.98. The molecule has 18 heavy (non-hydrogen) atoms. The monoisotopic (exact) mass is 374 g/mol. The molecule has 0 heterocycles. The third-order valence-corrected chi connectivity index (χ3v) is 5.02. The maximum atomic E-state index is 6.10. The van der Waals surface area contributed by atoms with Crippen molar-refractivity contribution in [2.45, 2.75) is 56.1 Å². The zero-order valence-electron chi connectivity index (χ0n) is 10.6. The maximum Gasteiger partial charge on any atom is 0.0721 e. The van der Waals surface area contributed by atoms with Gasteiger partial charge >= 0.3 is 0 Å². The van der Waals surface area contributed by atoms with E-state index in [9.17, 15) is 0 Å². The molecule has 0 spiro atoms. The minimum Gasteiger partial charge on any atom is -0.372 e. The highest BCUT2D eigenvalue weighted by Crippen LogP contribution is 2.26. The summed E-state index contributed by atoms with van der Waals surface area (Å²) in [6, 6.07) is 8.36. The Morgan fingerprint density at radius 1 is 1.11 bits per heavy atom. The fourth-order valence-electron chi connectivity index (χ4n) is 2.42. The van der Waals surface area contributed by atoms with Crippen molar-refractivity contribution in [3.8, 4) is 0 Å². The van der Waals surface area contributed by atoms with E-state index in [1.807, 2.05) is 6.07 Å². The molecule has 1 fully saturated rings. The topological polar surface area (TPSA) is 9.23 Å². The van der Waals surface area contributed by atoms with Crippen LogP contribution in [0.5, 0.6) is 0 Å². The van der Waals surface area contributed by atoms with Gasteiger partial charge in [0.1, 0.15) is 0 Å². The van der Waals surface area contributed by atoms with E-state index in [0.29, 0.717) is 17.5 Å². The normalized spacial score (nSPS) is 25.4. The second-order valence-corrected chi connectivity index (χ2v) is 7.08. The zero-order valence-corrected chi connectivity index (χ0v) is 13.8. The van der Waals surface area contributed by atoms with Gasteiger partial charge in [0, 0.05) is 9.30 Å². The van der Waals surface area contributed by atoms with Gasteiger partial charge in [-0.2, -0.15) is 0 Å². The zero-order chi connectivity index (χ0) is 12.8. The first-order chi connectivity index (χ1) is 8.75. The summed E-state index contributed by atoms with van der Waals surface area (Å²) in [5.74, 6) is 0. The van der Waals surface area contributed by atoms with Crippen molar-refractivity contribution in [2.75, 3.05) is 0 Å². The van der Waals surface area contributed by atoms with E-state index in [0.717, 1.165) is 4.47 Å². The summed E-state index contributed by atoms with van der Waals surface area (Å²) in [6.45, 7) is 0.714. The molecule has 3 heteroatoms. The number of hydrogen-bond acceptors (Lipinski definition) is 1. The molecule has 2 unspecified atom stereocenters. The molecule has 1 saturated carbocycles. The lowest BCUT2D eigenvalue weighted by Crippen LogP contribution is -2.25. The van der Waals surface area contributed by atoms with Gasteiger partial charge in [-0.15, -0.1) is 0 Å². The molecule has 0 aliphatic heterocycles. The predicted octanol–water partition coefficient (Wildman–Crippen LogP) is 5.45. The largest absolute Gasteiger partial charge is 0.372 e. The number of halogens is 2. The van der Waals surface area contributed by atoms with Crippen LogP contribution in [0.3, 0.4) is 0 Å². The number of rotatable bonds is 3. The van der Waals surface area contributed by atoms with Crippen LogP contribution in [0.4, 0.5) is 0 Å². The number of ether oxygens (including phenoxy) is 1. The minimum atomic E-state index is 0.365. The van der Waals surface area contributed by atoms with Crippen LogP contribution in [0.15, 0.2) is 28.7 Å². The van der Waals surface area contributed by atoms with Crippen LogP contribution in [-0.2, 0) is 11.3 Å². The Kier molecular flexibility index (Phi) is 6.19. The van der Waals surface area contributed by atoms with Crippen molar-refractivity contribution in [1.82, 2.24) is 0 Å². The Bertz CT molecular complexity index is 367. The third-order valence-electron chi connectivity index (χ3n) is 3.48. The first kappa shape index (κ1) is 14.5. The van der Waals surface area contributed by atoms with Crippen LogP contribution in [0, 0.1) is 0 Å². The molecule has 0 amide bonds. The van der Waals surface area contributed by atoms with Crippen LogP contribution in [-0.4, -0.2) is 10.9 Å². The van der Waals surface area contributed by atoms with Gasteiger partial charge in [-0.05, 0) is 30.5 Å². The standard InChI is InChI=1S/C15H20Br2O/c16-13-7-5-6-12(10-13)11-18-15-9-4-2-1-3-8-14(15)17/h5-7,10,14-15H,1-4,8-9,11H2. The average Bonchev–Trinajstić information content (AvgIpc) is 2.34. The van der Waals surface area contributed by atoms with E-state index in [1.54, 1.807) is 0 Å². The fraction of sp³-hybridized carbons (Fsp3) is 0.600. The van der Waals surface area contributed by atoms with Crippen molar-refractivity contribution in [2.24, 2.45) is 0 Å². The molecular formula is C15H20Br2O. The number of hydrogen-bond donors (Lipinski definition) is 0. The van der Waals surface area contributed by atoms with E-state index in [-0.39, 0.29) is 0 Å². The maximum absolute atomic E-state index is 6.10. The molecule has 0 N–H and O–H groups in total. The Hall–Kier alpha value is 0.140. The third kappa shape index (κ3) is 4.67. The first-order valence-electron chi connectivity index (χ1n) is 6.76. The summed E-state index contributed by atoms with van der Waals surface area (Å²) in [7, 11) is 0. The van der Waals surface area contributed by atoms with Crippen LogP contribution >= 0.6 is 31.9 Å². The highest BCUT2D eigenvalue weighted by atomic mass is 79.9. The van der Waals surface area contributed by atoms with Gasteiger partial charge in [0.25, 0.3) is 0 Å². The molecule has 1 aromatic rings. The van der Waals surface area contributed by atoms with E-state index in [4.69, 9.17) is 4.74 Å². The predicted molar refractivity (Wildman–Crippen MR) is 83.1 cm³/mol.